The van der Waals surface area contributed by atoms with Gasteiger partial charge in [0.1, 0.15) is 6.54 Å². The summed E-state index contributed by atoms with van der Waals surface area (Å²) in [6.45, 7) is 1.33. The van der Waals surface area contributed by atoms with Crippen LogP contribution in [-0.4, -0.2) is 34.0 Å². The fraction of sp³-hybridized carbons (Fsp3) is 0.357. The molecule has 0 saturated carbocycles. The molecule has 3 N–H and O–H groups in total. The van der Waals surface area contributed by atoms with Crippen molar-refractivity contribution in [3.05, 3.63) is 47.8 Å². The van der Waals surface area contributed by atoms with Crippen LogP contribution in [0, 0.1) is 0 Å². The molecule has 0 saturated heterocycles. The average Bonchev–Trinajstić information content (AvgIpc) is 2.88. The van der Waals surface area contributed by atoms with Gasteiger partial charge in [-0.2, -0.15) is 0 Å². The minimum absolute atomic E-state index is 0.0647. The predicted octanol–water partition coefficient (Wildman–Crippen LogP) is 0.138. The van der Waals surface area contributed by atoms with E-state index >= 15 is 0 Å². The van der Waals surface area contributed by atoms with E-state index in [2.05, 4.69) is 15.6 Å². The molecule has 0 aliphatic rings. The number of carbonyl (C=O) groups excluding carboxylic acids is 1. The minimum Gasteiger partial charge on any atom is -0.354 e. The molecule has 6 heteroatoms. The lowest BCUT2D eigenvalue weighted by atomic mass is 10.1. The normalized spacial score (nSPS) is 10.4. The molecule has 0 atom stereocenters. The number of nitrogens with zero attached hydrogens (tertiary/aromatic N) is 3. The molecule has 106 valence electrons. The van der Waals surface area contributed by atoms with Crippen molar-refractivity contribution in [3.63, 3.8) is 0 Å². The number of carbonyl (C=O) groups is 1. The quantitative estimate of drug-likeness (QED) is 0.751. The fourth-order valence-corrected chi connectivity index (χ4v) is 1.87. The number of benzene rings is 1. The van der Waals surface area contributed by atoms with Crippen LogP contribution >= 0.6 is 0 Å². The molecule has 0 aliphatic carbocycles. The molecule has 20 heavy (non-hydrogen) atoms. The van der Waals surface area contributed by atoms with E-state index in [1.54, 1.807) is 6.20 Å². The van der Waals surface area contributed by atoms with Gasteiger partial charge in [0, 0.05) is 19.2 Å². The van der Waals surface area contributed by atoms with Crippen molar-refractivity contribution in [2.45, 2.75) is 19.4 Å². The summed E-state index contributed by atoms with van der Waals surface area (Å²) in [6.07, 6.45) is 3.25. The first kappa shape index (κ1) is 14.2. The predicted molar refractivity (Wildman–Crippen MR) is 75.9 cm³/mol. The van der Waals surface area contributed by atoms with E-state index in [1.165, 1.54) is 10.2 Å². The minimum atomic E-state index is -0.0647. The summed E-state index contributed by atoms with van der Waals surface area (Å²) in [5, 5.41) is 10.7. The molecule has 1 heterocycles. The third kappa shape index (κ3) is 4.47. The van der Waals surface area contributed by atoms with Crippen molar-refractivity contribution in [3.8, 4) is 0 Å². The molecule has 0 aliphatic heterocycles. The maximum Gasteiger partial charge on any atom is 0.241 e. The lowest BCUT2D eigenvalue weighted by molar-refractivity contribution is -0.121. The van der Waals surface area contributed by atoms with Crippen LogP contribution in [0.1, 0.15) is 11.3 Å². The molecule has 0 bridgehead atoms. The Bertz CT molecular complexity index is 538. The second-order valence-electron chi connectivity index (χ2n) is 4.53. The van der Waals surface area contributed by atoms with Gasteiger partial charge in [-0.1, -0.05) is 35.5 Å². The molecule has 1 aromatic heterocycles. The number of nitrogens with one attached hydrogen (secondary N) is 1. The Morgan fingerprint density at radius 3 is 2.80 bits per heavy atom. The SMILES string of the molecule is NCCc1cn(CC(=O)NCCc2ccccc2)nn1. The lowest BCUT2D eigenvalue weighted by Crippen LogP contribution is -2.29. The summed E-state index contributed by atoms with van der Waals surface area (Å²) < 4.78 is 1.53. The Morgan fingerprint density at radius 2 is 2.05 bits per heavy atom. The van der Waals surface area contributed by atoms with Gasteiger partial charge < -0.3 is 11.1 Å². The van der Waals surface area contributed by atoms with E-state index in [9.17, 15) is 4.79 Å². The van der Waals surface area contributed by atoms with E-state index in [0.717, 1.165) is 12.1 Å². The number of nitrogens with two attached hydrogens (primary N) is 1. The zero-order valence-electron chi connectivity index (χ0n) is 11.3. The van der Waals surface area contributed by atoms with E-state index < -0.39 is 0 Å². The summed E-state index contributed by atoms with van der Waals surface area (Å²) in [6, 6.07) is 10.0. The van der Waals surface area contributed by atoms with Crippen molar-refractivity contribution in [1.82, 2.24) is 20.3 Å². The third-order valence-corrected chi connectivity index (χ3v) is 2.87. The standard InChI is InChI=1S/C14H19N5O/c15-8-6-13-10-19(18-17-13)11-14(20)16-9-7-12-4-2-1-3-5-12/h1-5,10H,6-9,11,15H2,(H,16,20). The highest BCUT2D eigenvalue weighted by atomic mass is 16.2. The highest BCUT2D eigenvalue weighted by Crippen LogP contribution is 1.98. The zero-order chi connectivity index (χ0) is 14.2. The van der Waals surface area contributed by atoms with Gasteiger partial charge >= 0.3 is 0 Å². The maximum atomic E-state index is 11.7. The van der Waals surface area contributed by atoms with Gasteiger partial charge in [0.2, 0.25) is 5.91 Å². The molecule has 2 rings (SSSR count). The van der Waals surface area contributed by atoms with Crippen molar-refractivity contribution in [1.29, 1.82) is 0 Å². The van der Waals surface area contributed by atoms with Gasteiger partial charge in [-0.05, 0) is 18.5 Å². The molecule has 6 nitrogen and oxygen atoms in total. The van der Waals surface area contributed by atoms with Crippen LogP contribution in [0.5, 0.6) is 0 Å². The van der Waals surface area contributed by atoms with Crippen molar-refractivity contribution < 1.29 is 4.79 Å². The maximum absolute atomic E-state index is 11.7. The van der Waals surface area contributed by atoms with Crippen LogP contribution in [0.25, 0.3) is 0 Å². The Kier molecular flexibility index (Phi) is 5.25. The number of hydrogen-bond acceptors (Lipinski definition) is 4. The van der Waals surface area contributed by atoms with Crippen LogP contribution in [-0.2, 0) is 24.2 Å². The second kappa shape index (κ2) is 7.40. The van der Waals surface area contributed by atoms with Gasteiger partial charge in [-0.25, -0.2) is 4.68 Å². The summed E-state index contributed by atoms with van der Waals surface area (Å²) in [7, 11) is 0. The summed E-state index contributed by atoms with van der Waals surface area (Å²) in [5.74, 6) is -0.0647. The molecule has 0 fully saturated rings. The highest BCUT2D eigenvalue weighted by molar-refractivity contribution is 5.75. The van der Waals surface area contributed by atoms with Crippen LogP contribution in [0.4, 0.5) is 0 Å². The van der Waals surface area contributed by atoms with Crippen LogP contribution in [0.15, 0.2) is 36.5 Å². The number of hydrogen-bond donors (Lipinski definition) is 2. The Morgan fingerprint density at radius 1 is 1.25 bits per heavy atom. The molecule has 1 aromatic carbocycles. The molecule has 0 unspecified atom stereocenters. The largest absolute Gasteiger partial charge is 0.354 e. The number of amides is 1. The van der Waals surface area contributed by atoms with Crippen molar-refractivity contribution >= 4 is 5.91 Å². The van der Waals surface area contributed by atoms with Gasteiger partial charge in [0.25, 0.3) is 0 Å². The third-order valence-electron chi connectivity index (χ3n) is 2.87. The van der Waals surface area contributed by atoms with Gasteiger partial charge in [0.05, 0.1) is 5.69 Å². The van der Waals surface area contributed by atoms with E-state index in [1.807, 2.05) is 30.3 Å². The fourth-order valence-electron chi connectivity index (χ4n) is 1.87. The molecule has 0 spiro atoms. The smallest absolute Gasteiger partial charge is 0.241 e. The van der Waals surface area contributed by atoms with E-state index in [-0.39, 0.29) is 12.5 Å². The van der Waals surface area contributed by atoms with E-state index in [4.69, 9.17) is 5.73 Å². The Labute approximate surface area is 118 Å². The lowest BCUT2D eigenvalue weighted by Gasteiger charge is -2.05. The first-order chi connectivity index (χ1) is 9.78. The first-order valence-corrected chi connectivity index (χ1v) is 6.67. The highest BCUT2D eigenvalue weighted by Gasteiger charge is 2.05. The second-order valence-corrected chi connectivity index (χ2v) is 4.53. The van der Waals surface area contributed by atoms with Gasteiger partial charge in [-0.3, -0.25) is 4.79 Å². The molecule has 0 radical (unpaired) electrons. The molecule has 2 aromatic rings. The molecular formula is C14H19N5O. The van der Waals surface area contributed by atoms with Crippen molar-refractivity contribution in [2.75, 3.05) is 13.1 Å². The number of rotatable bonds is 7. The molecule has 1 amide bonds. The summed E-state index contributed by atoms with van der Waals surface area (Å²) >= 11 is 0. The number of aromatic nitrogens is 3. The van der Waals surface area contributed by atoms with Crippen LogP contribution < -0.4 is 11.1 Å². The van der Waals surface area contributed by atoms with Crippen LogP contribution in [0.2, 0.25) is 0 Å². The zero-order valence-corrected chi connectivity index (χ0v) is 11.3. The van der Waals surface area contributed by atoms with Gasteiger partial charge in [-0.15, -0.1) is 5.10 Å². The average molecular weight is 273 g/mol. The van der Waals surface area contributed by atoms with Crippen molar-refractivity contribution in [2.24, 2.45) is 5.73 Å². The first-order valence-electron chi connectivity index (χ1n) is 6.67. The Hall–Kier alpha value is -2.21. The van der Waals surface area contributed by atoms with E-state index in [0.29, 0.717) is 19.5 Å². The topological polar surface area (TPSA) is 85.8 Å². The summed E-state index contributed by atoms with van der Waals surface area (Å²) in [4.78, 5) is 11.7. The molecular weight excluding hydrogens is 254 g/mol. The van der Waals surface area contributed by atoms with Gasteiger partial charge in [0.15, 0.2) is 0 Å². The Balaban J connectivity index is 1.72. The van der Waals surface area contributed by atoms with Crippen LogP contribution in [0.3, 0.4) is 0 Å². The monoisotopic (exact) mass is 273 g/mol. The summed E-state index contributed by atoms with van der Waals surface area (Å²) in [5.41, 5.74) is 7.45.